The van der Waals surface area contributed by atoms with E-state index in [4.69, 9.17) is 4.42 Å². The Hall–Kier alpha value is -1.33. The molecule has 0 saturated heterocycles. The van der Waals surface area contributed by atoms with Crippen LogP contribution < -0.4 is 10.2 Å². The van der Waals surface area contributed by atoms with Crippen molar-refractivity contribution in [3.8, 4) is 0 Å². The van der Waals surface area contributed by atoms with Crippen molar-refractivity contribution in [3.05, 3.63) is 35.2 Å². The van der Waals surface area contributed by atoms with E-state index < -0.39 is 0 Å². The lowest BCUT2D eigenvalue weighted by molar-refractivity contribution is 0.503. The number of aromatic nitrogens is 1. The Bertz CT molecular complexity index is 453. The SMILES string of the molecule is CCNCc1csc(N(CC)Cc2ccco2)n1. The van der Waals surface area contributed by atoms with E-state index in [1.807, 2.05) is 12.1 Å². The van der Waals surface area contributed by atoms with Crippen LogP contribution in [0.2, 0.25) is 0 Å². The average molecular weight is 265 g/mol. The van der Waals surface area contributed by atoms with Crippen molar-refractivity contribution >= 4 is 16.5 Å². The monoisotopic (exact) mass is 265 g/mol. The van der Waals surface area contributed by atoms with Gasteiger partial charge in [0.1, 0.15) is 5.76 Å². The lowest BCUT2D eigenvalue weighted by atomic mass is 10.4. The van der Waals surface area contributed by atoms with Crippen molar-refractivity contribution in [2.24, 2.45) is 0 Å². The van der Waals surface area contributed by atoms with E-state index in [0.717, 1.165) is 42.8 Å². The number of hydrogen-bond donors (Lipinski definition) is 1. The van der Waals surface area contributed by atoms with Crippen LogP contribution in [0.1, 0.15) is 25.3 Å². The fourth-order valence-electron chi connectivity index (χ4n) is 1.68. The van der Waals surface area contributed by atoms with Gasteiger partial charge < -0.3 is 14.6 Å². The van der Waals surface area contributed by atoms with E-state index in [9.17, 15) is 0 Å². The molecule has 0 radical (unpaired) electrons. The zero-order chi connectivity index (χ0) is 12.8. The summed E-state index contributed by atoms with van der Waals surface area (Å²) in [6.45, 7) is 7.74. The lowest BCUT2D eigenvalue weighted by Crippen LogP contribution is -2.21. The molecule has 0 amide bonds. The van der Waals surface area contributed by atoms with Crippen molar-refractivity contribution in [1.29, 1.82) is 0 Å². The summed E-state index contributed by atoms with van der Waals surface area (Å²) in [4.78, 5) is 6.86. The van der Waals surface area contributed by atoms with Crippen molar-refractivity contribution in [1.82, 2.24) is 10.3 Å². The maximum atomic E-state index is 5.38. The molecule has 0 atom stereocenters. The minimum absolute atomic E-state index is 0.775. The minimum atomic E-state index is 0.775. The number of nitrogens with zero attached hydrogens (tertiary/aromatic N) is 2. The first kappa shape index (κ1) is 13.1. The summed E-state index contributed by atoms with van der Waals surface area (Å²) in [5, 5.41) is 6.46. The fourth-order valence-corrected chi connectivity index (χ4v) is 2.57. The van der Waals surface area contributed by atoms with Gasteiger partial charge in [-0.25, -0.2) is 4.98 Å². The van der Waals surface area contributed by atoms with Gasteiger partial charge in [-0.3, -0.25) is 0 Å². The van der Waals surface area contributed by atoms with E-state index in [1.54, 1.807) is 17.6 Å². The number of hydrogen-bond acceptors (Lipinski definition) is 5. The van der Waals surface area contributed by atoms with Crippen LogP contribution in [0.3, 0.4) is 0 Å². The highest BCUT2D eigenvalue weighted by atomic mass is 32.1. The maximum Gasteiger partial charge on any atom is 0.185 e. The smallest absolute Gasteiger partial charge is 0.185 e. The zero-order valence-corrected chi connectivity index (χ0v) is 11.7. The molecule has 0 aliphatic rings. The molecule has 0 fully saturated rings. The summed E-state index contributed by atoms with van der Waals surface area (Å²) in [5.41, 5.74) is 1.11. The molecule has 2 aromatic rings. The molecule has 0 aliphatic heterocycles. The largest absolute Gasteiger partial charge is 0.467 e. The Morgan fingerprint density at radius 3 is 3.00 bits per heavy atom. The van der Waals surface area contributed by atoms with E-state index in [0.29, 0.717) is 0 Å². The number of furan rings is 1. The number of anilines is 1. The second-order valence-electron chi connectivity index (χ2n) is 4.00. The molecular formula is C13H19N3OS. The van der Waals surface area contributed by atoms with Crippen LogP contribution in [-0.4, -0.2) is 18.1 Å². The van der Waals surface area contributed by atoms with E-state index in [2.05, 4.69) is 34.4 Å². The average Bonchev–Trinajstić information content (AvgIpc) is 3.04. The summed E-state index contributed by atoms with van der Waals surface area (Å²) >= 11 is 1.69. The predicted octanol–water partition coefficient (Wildman–Crippen LogP) is 2.87. The highest BCUT2D eigenvalue weighted by Gasteiger charge is 2.11. The molecule has 4 nitrogen and oxygen atoms in total. The molecule has 2 heterocycles. The Morgan fingerprint density at radius 1 is 1.44 bits per heavy atom. The standard InChI is InChI=1S/C13H19N3OS/c1-3-14-8-11-10-18-13(15-11)16(4-2)9-12-6-5-7-17-12/h5-7,10,14H,3-4,8-9H2,1-2H3. The molecule has 5 heteroatoms. The summed E-state index contributed by atoms with van der Waals surface area (Å²) in [7, 11) is 0. The van der Waals surface area contributed by atoms with E-state index in [1.165, 1.54) is 0 Å². The molecule has 98 valence electrons. The van der Waals surface area contributed by atoms with Crippen molar-refractivity contribution < 1.29 is 4.42 Å². The van der Waals surface area contributed by atoms with Gasteiger partial charge in [0.2, 0.25) is 0 Å². The van der Waals surface area contributed by atoms with Crippen molar-refractivity contribution in [2.75, 3.05) is 18.0 Å². The maximum absolute atomic E-state index is 5.38. The van der Waals surface area contributed by atoms with Gasteiger partial charge in [0, 0.05) is 18.5 Å². The van der Waals surface area contributed by atoms with Crippen LogP contribution in [0, 0.1) is 0 Å². The third kappa shape index (κ3) is 3.34. The second-order valence-corrected chi connectivity index (χ2v) is 4.83. The Morgan fingerprint density at radius 2 is 2.33 bits per heavy atom. The molecule has 0 aromatic carbocycles. The summed E-state index contributed by atoms with van der Waals surface area (Å²) in [6, 6.07) is 3.91. The zero-order valence-electron chi connectivity index (χ0n) is 10.8. The van der Waals surface area contributed by atoms with Gasteiger partial charge in [-0.1, -0.05) is 6.92 Å². The normalized spacial score (nSPS) is 10.8. The molecule has 18 heavy (non-hydrogen) atoms. The third-order valence-corrected chi connectivity index (χ3v) is 3.63. The van der Waals surface area contributed by atoms with Crippen molar-refractivity contribution in [3.63, 3.8) is 0 Å². The molecule has 0 unspecified atom stereocenters. The minimum Gasteiger partial charge on any atom is -0.467 e. The van der Waals surface area contributed by atoms with Crippen LogP contribution in [-0.2, 0) is 13.1 Å². The Kier molecular flexibility index (Phi) is 4.78. The predicted molar refractivity (Wildman–Crippen MR) is 74.9 cm³/mol. The van der Waals surface area contributed by atoms with Gasteiger partial charge >= 0.3 is 0 Å². The van der Waals surface area contributed by atoms with E-state index >= 15 is 0 Å². The van der Waals surface area contributed by atoms with Crippen molar-refractivity contribution in [2.45, 2.75) is 26.9 Å². The van der Waals surface area contributed by atoms with Gasteiger partial charge in [0.05, 0.1) is 18.5 Å². The van der Waals surface area contributed by atoms with Crippen LogP contribution in [0.15, 0.2) is 28.2 Å². The molecular weight excluding hydrogens is 246 g/mol. The van der Waals surface area contributed by atoms with Gasteiger partial charge in [-0.2, -0.15) is 0 Å². The molecule has 0 spiro atoms. The molecule has 0 aliphatic carbocycles. The van der Waals surface area contributed by atoms with Gasteiger partial charge in [-0.15, -0.1) is 11.3 Å². The fraction of sp³-hybridized carbons (Fsp3) is 0.462. The Labute approximate surface area is 112 Å². The topological polar surface area (TPSA) is 41.3 Å². The van der Waals surface area contributed by atoms with Gasteiger partial charge in [0.15, 0.2) is 5.13 Å². The first-order valence-electron chi connectivity index (χ1n) is 6.26. The van der Waals surface area contributed by atoms with Gasteiger partial charge in [-0.05, 0) is 25.6 Å². The highest BCUT2D eigenvalue weighted by Crippen LogP contribution is 2.22. The third-order valence-electron chi connectivity index (χ3n) is 2.67. The molecule has 0 bridgehead atoms. The summed E-state index contributed by atoms with van der Waals surface area (Å²) < 4.78 is 5.38. The molecule has 2 aromatic heterocycles. The molecule has 1 N–H and O–H groups in total. The summed E-state index contributed by atoms with van der Waals surface area (Å²) in [6.07, 6.45) is 1.71. The number of thiazole rings is 1. The molecule has 2 rings (SSSR count). The van der Waals surface area contributed by atoms with E-state index in [-0.39, 0.29) is 0 Å². The Balaban J connectivity index is 2.00. The first-order chi connectivity index (χ1) is 8.83. The van der Waals surface area contributed by atoms with Crippen LogP contribution >= 0.6 is 11.3 Å². The van der Waals surface area contributed by atoms with Gasteiger partial charge in [0.25, 0.3) is 0 Å². The number of rotatable bonds is 7. The lowest BCUT2D eigenvalue weighted by Gasteiger charge is -2.18. The summed E-state index contributed by atoms with van der Waals surface area (Å²) in [5.74, 6) is 0.972. The van der Waals surface area contributed by atoms with Crippen LogP contribution in [0.4, 0.5) is 5.13 Å². The van der Waals surface area contributed by atoms with Crippen LogP contribution in [0.5, 0.6) is 0 Å². The highest BCUT2D eigenvalue weighted by molar-refractivity contribution is 7.13. The number of nitrogens with one attached hydrogen (secondary N) is 1. The van der Waals surface area contributed by atoms with Crippen LogP contribution in [0.25, 0.3) is 0 Å². The first-order valence-corrected chi connectivity index (χ1v) is 7.14. The quantitative estimate of drug-likeness (QED) is 0.836. The molecule has 0 saturated carbocycles. The second kappa shape index (κ2) is 6.56.